The van der Waals surface area contributed by atoms with Crippen LogP contribution in [0.1, 0.15) is 10.4 Å². The number of carbonyl (C=O) groups is 1. The van der Waals surface area contributed by atoms with Gasteiger partial charge in [-0.05, 0) is 18.2 Å². The fraction of sp³-hybridized carbons (Fsp3) is 0. The third kappa shape index (κ3) is 5.46. The maximum absolute atomic E-state index is 10.6. The Bertz CT molecular complexity index is 483. The van der Waals surface area contributed by atoms with Gasteiger partial charge in [0, 0.05) is 29.6 Å². The summed E-state index contributed by atoms with van der Waals surface area (Å²) in [5, 5.41) is 17.5. The normalized spacial score (nSPS) is 9.24. The Morgan fingerprint density at radius 1 is 1.18 bits per heavy atom. The van der Waals surface area contributed by atoms with E-state index in [1.807, 2.05) is 0 Å². The van der Waals surface area contributed by atoms with E-state index < -0.39 is 32.3 Å². The van der Waals surface area contributed by atoms with E-state index in [2.05, 4.69) is 0 Å². The van der Waals surface area contributed by atoms with Crippen LogP contribution in [0.4, 0.5) is 0 Å². The maximum Gasteiger partial charge on any atom is 0.339 e. The van der Waals surface area contributed by atoms with Crippen molar-refractivity contribution in [1.29, 1.82) is 0 Å². The fourth-order valence-electron chi connectivity index (χ4n) is 0.847. The fourth-order valence-corrected chi connectivity index (χ4v) is 1.35. The average molecular weight is 277 g/mol. The van der Waals surface area contributed by atoms with E-state index >= 15 is 0 Å². The number of carboxylic acids is 1. The van der Waals surface area contributed by atoms with Gasteiger partial charge in [-0.2, -0.15) is 8.42 Å². The van der Waals surface area contributed by atoms with Crippen LogP contribution >= 0.6 is 0 Å². The molecule has 1 radical (unpaired) electrons. The number of phenols is 1. The molecule has 93 valence electrons. The predicted octanol–water partition coefficient (Wildman–Crippen LogP) is -1.69. The number of aromatic carboxylic acids is 1. The molecule has 0 atom stereocenters. The third-order valence-electron chi connectivity index (χ3n) is 1.50. The molecule has 17 heavy (non-hydrogen) atoms. The van der Waals surface area contributed by atoms with Gasteiger partial charge < -0.3 is 21.2 Å². The second-order valence-corrected chi connectivity index (χ2v) is 3.88. The topological polar surface area (TPSA) is 175 Å². The Morgan fingerprint density at radius 2 is 1.65 bits per heavy atom. The van der Waals surface area contributed by atoms with Gasteiger partial charge >= 0.3 is 5.97 Å². The van der Waals surface area contributed by atoms with Crippen molar-refractivity contribution in [2.75, 3.05) is 0 Å². The van der Waals surface area contributed by atoms with Crippen LogP contribution in [0.3, 0.4) is 0 Å². The molecule has 0 aliphatic rings. The molecule has 0 saturated carbocycles. The Labute approximate surface area is 119 Å². The summed E-state index contributed by atoms with van der Waals surface area (Å²) in [5.41, 5.74) is -0.583. The molecule has 0 unspecified atom stereocenters. The molecule has 7 N–H and O–H groups in total. The molecule has 0 spiro atoms. The summed E-state index contributed by atoms with van der Waals surface area (Å²) >= 11 is 0. The Hall–Kier alpha value is -0.680. The van der Waals surface area contributed by atoms with Crippen LogP contribution in [0.15, 0.2) is 23.1 Å². The summed E-state index contributed by atoms with van der Waals surface area (Å²) in [5.74, 6) is -2.04. The van der Waals surface area contributed by atoms with E-state index in [9.17, 15) is 13.2 Å². The molecule has 0 aromatic heterocycles. The molecular weight excluding hydrogens is 267 g/mol. The number of aromatic hydroxyl groups is 1. The monoisotopic (exact) mass is 277 g/mol. The Morgan fingerprint density at radius 3 is 2.00 bits per heavy atom. The first-order valence-corrected chi connectivity index (χ1v) is 4.80. The summed E-state index contributed by atoms with van der Waals surface area (Å²) < 4.78 is 29.8. The number of benzene rings is 1. The van der Waals surface area contributed by atoms with E-state index in [0.717, 1.165) is 12.1 Å². The SMILES string of the molecule is O.O.O=C(O)c1cc(S(=O)(=O)O)ccc1O.[Na]. The van der Waals surface area contributed by atoms with Gasteiger partial charge in [0.25, 0.3) is 10.1 Å². The second-order valence-electron chi connectivity index (χ2n) is 2.46. The van der Waals surface area contributed by atoms with Gasteiger partial charge in [-0.1, -0.05) is 0 Å². The first-order chi connectivity index (χ1) is 6.32. The minimum absolute atomic E-state index is 0. The largest absolute Gasteiger partial charge is 0.507 e. The van der Waals surface area contributed by atoms with Crippen LogP contribution in [-0.2, 0) is 10.1 Å². The van der Waals surface area contributed by atoms with E-state index in [1.54, 1.807) is 0 Å². The van der Waals surface area contributed by atoms with Crippen LogP contribution in [0, 0.1) is 0 Å². The summed E-state index contributed by atoms with van der Waals surface area (Å²) in [6.45, 7) is 0. The number of hydrogen-bond donors (Lipinski definition) is 3. The third-order valence-corrected chi connectivity index (χ3v) is 2.35. The summed E-state index contributed by atoms with van der Waals surface area (Å²) in [4.78, 5) is 9.89. The van der Waals surface area contributed by atoms with Crippen LogP contribution < -0.4 is 0 Å². The molecule has 10 heteroatoms. The van der Waals surface area contributed by atoms with Crippen molar-refractivity contribution in [2.24, 2.45) is 0 Å². The van der Waals surface area contributed by atoms with Gasteiger partial charge in [0.05, 0.1) is 4.90 Å². The molecule has 1 rings (SSSR count). The van der Waals surface area contributed by atoms with Crippen molar-refractivity contribution in [3.05, 3.63) is 23.8 Å². The summed E-state index contributed by atoms with van der Waals surface area (Å²) in [6.07, 6.45) is 0. The van der Waals surface area contributed by atoms with Crippen molar-refractivity contribution in [1.82, 2.24) is 0 Å². The van der Waals surface area contributed by atoms with E-state index in [4.69, 9.17) is 14.8 Å². The van der Waals surface area contributed by atoms with Crippen LogP contribution in [-0.4, -0.2) is 69.7 Å². The minimum atomic E-state index is -4.45. The Kier molecular flexibility index (Phi) is 9.66. The molecule has 1 aromatic rings. The Balaban J connectivity index is -0.000000653. The van der Waals surface area contributed by atoms with E-state index in [0.29, 0.717) is 6.07 Å². The molecule has 0 heterocycles. The van der Waals surface area contributed by atoms with Crippen molar-refractivity contribution in [3.63, 3.8) is 0 Å². The molecular formula is C7H10NaO8S. The standard InChI is InChI=1S/C7H6O6S.Na.2H2O/c8-6-2-1-4(14(11,12)13)3-5(6)7(9)10;;;/h1-3,8H,(H,9,10)(H,11,12,13);;2*1H2. The smallest absolute Gasteiger partial charge is 0.339 e. The molecule has 8 nitrogen and oxygen atoms in total. The van der Waals surface area contributed by atoms with Crippen molar-refractivity contribution in [3.8, 4) is 5.75 Å². The van der Waals surface area contributed by atoms with Gasteiger partial charge in [-0.3, -0.25) is 4.55 Å². The van der Waals surface area contributed by atoms with E-state index in [-0.39, 0.29) is 40.5 Å². The first kappa shape index (κ1) is 21.6. The summed E-state index contributed by atoms with van der Waals surface area (Å²) in [7, 11) is -4.45. The maximum atomic E-state index is 10.6. The average Bonchev–Trinajstić information content (AvgIpc) is 2.02. The molecule has 0 fully saturated rings. The zero-order valence-electron chi connectivity index (χ0n) is 8.71. The van der Waals surface area contributed by atoms with Crippen LogP contribution in [0.5, 0.6) is 5.75 Å². The zero-order valence-corrected chi connectivity index (χ0v) is 11.5. The van der Waals surface area contributed by atoms with Gasteiger partial charge in [-0.15, -0.1) is 0 Å². The van der Waals surface area contributed by atoms with Crippen molar-refractivity contribution in [2.45, 2.75) is 4.90 Å². The van der Waals surface area contributed by atoms with Gasteiger partial charge in [0.1, 0.15) is 11.3 Å². The van der Waals surface area contributed by atoms with E-state index in [1.165, 1.54) is 0 Å². The van der Waals surface area contributed by atoms with Gasteiger partial charge in [0.15, 0.2) is 0 Å². The van der Waals surface area contributed by atoms with Gasteiger partial charge in [0.2, 0.25) is 0 Å². The molecule has 0 aliphatic heterocycles. The van der Waals surface area contributed by atoms with Crippen molar-refractivity contribution >= 4 is 45.6 Å². The number of hydrogen-bond acceptors (Lipinski definition) is 4. The minimum Gasteiger partial charge on any atom is -0.507 e. The molecule has 1 aromatic carbocycles. The van der Waals surface area contributed by atoms with Crippen LogP contribution in [0.25, 0.3) is 0 Å². The predicted molar refractivity (Wildman–Crippen MR) is 57.9 cm³/mol. The molecule has 0 amide bonds. The van der Waals surface area contributed by atoms with Crippen molar-refractivity contribution < 1.29 is 38.9 Å². The van der Waals surface area contributed by atoms with Gasteiger partial charge in [-0.25, -0.2) is 4.79 Å². The van der Waals surface area contributed by atoms with Crippen LogP contribution in [0.2, 0.25) is 0 Å². The number of rotatable bonds is 2. The molecule has 0 aliphatic carbocycles. The summed E-state index contributed by atoms with van der Waals surface area (Å²) in [6, 6.07) is 2.46. The zero-order chi connectivity index (χ0) is 10.9. The number of carboxylic acid groups (broad SMARTS) is 1. The first-order valence-electron chi connectivity index (χ1n) is 3.36. The quantitative estimate of drug-likeness (QED) is 0.429. The molecule has 0 bridgehead atoms. The molecule has 0 saturated heterocycles. The second kappa shape index (κ2) is 7.61.